The van der Waals surface area contributed by atoms with Gasteiger partial charge in [-0.1, -0.05) is 6.92 Å². The second-order valence-electron chi connectivity index (χ2n) is 11.3. The summed E-state index contributed by atoms with van der Waals surface area (Å²) in [6, 6.07) is 0. The Hall–Kier alpha value is -1.25. The van der Waals surface area contributed by atoms with Crippen molar-refractivity contribution in [2.24, 2.45) is 52.4 Å². The van der Waals surface area contributed by atoms with Gasteiger partial charge >= 0.3 is 0 Å². The van der Waals surface area contributed by atoms with Gasteiger partial charge in [-0.3, -0.25) is 10.6 Å². The number of aliphatic hydroxyl groups is 1. The Morgan fingerprint density at radius 2 is 1.84 bits per heavy atom. The first-order valence-corrected chi connectivity index (χ1v) is 12.0. The van der Waals surface area contributed by atoms with E-state index in [9.17, 15) is 14.3 Å². The molecule has 0 aromatic carbocycles. The number of amidine groups is 1. The summed E-state index contributed by atoms with van der Waals surface area (Å²) >= 11 is 0. The zero-order valence-electron chi connectivity index (χ0n) is 19.1. The Morgan fingerprint density at radius 1 is 1.13 bits per heavy atom. The molecule has 4 aliphatic rings. The van der Waals surface area contributed by atoms with Crippen LogP contribution in [0.4, 0.5) is 4.39 Å². The largest absolute Gasteiger partial charge is 0.387 e. The van der Waals surface area contributed by atoms with Gasteiger partial charge in [0.1, 0.15) is 6.67 Å². The molecule has 0 spiro atoms. The Bertz CT molecular complexity index is 762. The highest BCUT2D eigenvalue weighted by Crippen LogP contribution is 2.65. The van der Waals surface area contributed by atoms with Crippen LogP contribution in [-0.4, -0.2) is 45.8 Å². The summed E-state index contributed by atoms with van der Waals surface area (Å²) in [5.41, 5.74) is 8.27. The van der Waals surface area contributed by atoms with Crippen molar-refractivity contribution in [1.82, 2.24) is 5.43 Å². The maximum Gasteiger partial charge on any atom is 0.282 e. The molecule has 8 atom stereocenters. The third-order valence-corrected chi connectivity index (χ3v) is 9.96. The number of Topliss-reactive ketones (excluding diaryl/α,β-unsaturated/α-hetero) is 1. The number of nitrogens with one attached hydrogen (secondary N) is 1. The number of carbonyl (C=O) groups is 1. The van der Waals surface area contributed by atoms with Crippen molar-refractivity contribution >= 4 is 11.6 Å². The van der Waals surface area contributed by atoms with Crippen LogP contribution in [0.3, 0.4) is 0 Å². The van der Waals surface area contributed by atoms with E-state index in [1.807, 2.05) is 0 Å². The van der Waals surface area contributed by atoms with E-state index in [1.165, 1.54) is 4.68 Å². The van der Waals surface area contributed by atoms with Gasteiger partial charge < -0.3 is 10.8 Å². The first kappa shape index (κ1) is 22.9. The van der Waals surface area contributed by atoms with Crippen molar-refractivity contribution in [2.75, 3.05) is 13.2 Å². The lowest BCUT2D eigenvalue weighted by Gasteiger charge is -2.62. The first-order valence-electron chi connectivity index (χ1n) is 12.0. The van der Waals surface area contributed by atoms with Crippen LogP contribution in [0.25, 0.3) is 0 Å². The van der Waals surface area contributed by atoms with Crippen LogP contribution in [0.1, 0.15) is 71.6 Å². The van der Waals surface area contributed by atoms with Crippen LogP contribution < -0.4 is 22.8 Å². The summed E-state index contributed by atoms with van der Waals surface area (Å²) < 4.78 is 14.8. The molecule has 8 N–H and O–H groups in total. The van der Waals surface area contributed by atoms with Gasteiger partial charge in [0, 0.05) is 18.4 Å². The number of halogens is 1. The van der Waals surface area contributed by atoms with E-state index < -0.39 is 12.3 Å². The van der Waals surface area contributed by atoms with E-state index in [-0.39, 0.29) is 29.2 Å². The van der Waals surface area contributed by atoms with E-state index in [1.54, 1.807) is 6.92 Å². The molecule has 176 valence electrons. The van der Waals surface area contributed by atoms with Gasteiger partial charge in [-0.15, -0.1) is 0 Å². The fraction of sp³-hybridized carbons (Fsp3) is 0.913. The van der Waals surface area contributed by atoms with Gasteiger partial charge in [-0.05, 0) is 86.9 Å². The van der Waals surface area contributed by atoms with Crippen molar-refractivity contribution < 1.29 is 19.0 Å². The molecule has 0 aromatic heterocycles. The Kier molecular flexibility index (Phi) is 5.88. The molecule has 8 heteroatoms. The van der Waals surface area contributed by atoms with Gasteiger partial charge in [0.25, 0.3) is 5.84 Å². The second-order valence-corrected chi connectivity index (χ2v) is 11.3. The summed E-state index contributed by atoms with van der Waals surface area (Å²) in [6.45, 7) is 3.55. The zero-order chi connectivity index (χ0) is 22.6. The fourth-order valence-electron chi connectivity index (χ4n) is 8.19. The van der Waals surface area contributed by atoms with Crippen LogP contribution in [0.15, 0.2) is 0 Å². The number of rotatable bonds is 4. The second kappa shape index (κ2) is 7.96. The molecular weight excluding hydrogens is 397 g/mol. The SMILES string of the molecule is CC(NN)=[N+](N)CC(=O)C1CCC2C3CCC4CC(O)(CF)CCC4C3(N)CCC12C. The van der Waals surface area contributed by atoms with Gasteiger partial charge in [-0.2, -0.15) is 10.5 Å². The average molecular weight is 439 g/mol. The number of hydrogen-bond acceptors (Lipinski definition) is 5. The normalized spacial score (nSPS) is 47.6. The first-order chi connectivity index (χ1) is 14.6. The molecule has 8 unspecified atom stereocenters. The topological polar surface area (TPSA) is 130 Å². The number of hydrazine groups is 2. The van der Waals surface area contributed by atoms with E-state index >= 15 is 0 Å². The quantitative estimate of drug-likeness (QED) is 0.148. The summed E-state index contributed by atoms with van der Waals surface area (Å²) in [5.74, 6) is 13.7. The minimum atomic E-state index is -1.15. The van der Waals surface area contributed by atoms with E-state index in [0.29, 0.717) is 42.3 Å². The van der Waals surface area contributed by atoms with E-state index in [2.05, 4.69) is 12.3 Å². The molecule has 0 aliphatic heterocycles. The summed E-state index contributed by atoms with van der Waals surface area (Å²) in [6.07, 6.45) is 7.68. The molecule has 4 fully saturated rings. The third kappa shape index (κ3) is 3.59. The third-order valence-electron chi connectivity index (χ3n) is 9.96. The minimum Gasteiger partial charge on any atom is -0.387 e. The lowest BCUT2D eigenvalue weighted by molar-refractivity contribution is -0.531. The number of nitrogens with zero attached hydrogens (tertiary/aromatic N) is 1. The molecule has 4 aliphatic carbocycles. The highest BCUT2D eigenvalue weighted by atomic mass is 19.1. The Labute approximate surface area is 184 Å². The number of ketones is 1. The van der Waals surface area contributed by atoms with E-state index in [4.69, 9.17) is 17.4 Å². The smallest absolute Gasteiger partial charge is 0.282 e. The minimum absolute atomic E-state index is 0.000571. The van der Waals surface area contributed by atoms with Gasteiger partial charge in [0.2, 0.25) is 0 Å². The lowest BCUT2D eigenvalue weighted by atomic mass is 9.46. The van der Waals surface area contributed by atoms with Crippen LogP contribution in [0.5, 0.6) is 0 Å². The fourth-order valence-corrected chi connectivity index (χ4v) is 8.19. The Morgan fingerprint density at radius 3 is 2.52 bits per heavy atom. The molecule has 4 rings (SSSR count). The van der Waals surface area contributed by atoms with Crippen LogP contribution in [-0.2, 0) is 4.79 Å². The summed E-state index contributed by atoms with van der Waals surface area (Å²) in [4.78, 5) is 13.2. The summed E-state index contributed by atoms with van der Waals surface area (Å²) in [7, 11) is 0. The van der Waals surface area contributed by atoms with Crippen LogP contribution in [0, 0.1) is 35.0 Å². The van der Waals surface area contributed by atoms with E-state index in [0.717, 1.165) is 44.9 Å². The van der Waals surface area contributed by atoms with Gasteiger partial charge in [0.05, 0.1) is 5.60 Å². The van der Waals surface area contributed by atoms with Crippen molar-refractivity contribution in [3.8, 4) is 0 Å². The molecule has 7 nitrogen and oxygen atoms in total. The number of fused-ring (bicyclic) bond motifs is 5. The summed E-state index contributed by atoms with van der Waals surface area (Å²) in [5, 5.41) is 10.5. The standard InChI is InChI=1S/C23H40FN5O2/c1-14(28-26)29(27)12-20(30)19-6-5-17-18-4-3-15-11-22(31,13-24)8-7-16(15)23(18,25)10-9-21(17,19)2/h15-19,31H,3-13,25-27H2,1-2H3/p+1. The number of alkyl halides is 1. The van der Waals surface area contributed by atoms with Gasteiger partial charge in [-0.25, -0.2) is 9.82 Å². The zero-order valence-corrected chi connectivity index (χ0v) is 19.1. The number of carbonyl (C=O) groups excluding carboxylic acids is 1. The molecule has 31 heavy (non-hydrogen) atoms. The maximum absolute atomic E-state index is 13.4. The molecule has 0 saturated heterocycles. The van der Waals surface area contributed by atoms with Crippen molar-refractivity contribution in [2.45, 2.75) is 82.8 Å². The highest BCUT2D eigenvalue weighted by molar-refractivity contribution is 5.84. The molecule has 4 saturated carbocycles. The monoisotopic (exact) mass is 438 g/mol. The molecule has 0 aromatic rings. The maximum atomic E-state index is 13.4. The molecule has 0 heterocycles. The van der Waals surface area contributed by atoms with Crippen molar-refractivity contribution in [3.63, 3.8) is 0 Å². The molecule has 0 amide bonds. The van der Waals surface area contributed by atoms with Crippen molar-refractivity contribution in [3.05, 3.63) is 0 Å². The number of hydrogen-bond donors (Lipinski definition) is 5. The highest BCUT2D eigenvalue weighted by Gasteiger charge is 2.63. The predicted molar refractivity (Wildman–Crippen MR) is 117 cm³/mol. The molecule has 0 bridgehead atoms. The molecular formula is C23H41FN5O2+. The van der Waals surface area contributed by atoms with Crippen molar-refractivity contribution in [1.29, 1.82) is 0 Å². The number of nitrogens with two attached hydrogens (primary N) is 3. The lowest BCUT2D eigenvalue weighted by Crippen LogP contribution is -2.66. The van der Waals surface area contributed by atoms with Crippen LogP contribution in [0.2, 0.25) is 0 Å². The Balaban J connectivity index is 1.52. The van der Waals surface area contributed by atoms with Gasteiger partial charge in [0.15, 0.2) is 12.3 Å². The number of hydrazone groups is 1. The van der Waals surface area contributed by atoms with Crippen LogP contribution >= 0.6 is 0 Å². The average Bonchev–Trinajstić information content (AvgIpc) is 3.10. The molecule has 0 radical (unpaired) electrons. The predicted octanol–water partition coefficient (Wildman–Crippen LogP) is 1.37.